The molecule has 0 atom stereocenters. The molecule has 1 aliphatic rings. The molecule has 3 heteroatoms. The average molecular weight is 205 g/mol. The molecule has 1 fully saturated rings. The minimum absolute atomic E-state index is 0.592. The van der Waals surface area contributed by atoms with Crippen LogP contribution in [0.5, 0.6) is 0 Å². The summed E-state index contributed by atoms with van der Waals surface area (Å²) in [5.41, 5.74) is 1.23. The van der Waals surface area contributed by atoms with Gasteiger partial charge in [0.25, 0.3) is 0 Å². The summed E-state index contributed by atoms with van der Waals surface area (Å²) < 4.78 is 0. The number of anilines is 1. The largest absolute Gasteiger partial charge is 0.367 e. The number of aromatic nitrogens is 1. The zero-order valence-corrected chi connectivity index (χ0v) is 9.53. The Hall–Kier alpha value is -1.09. The van der Waals surface area contributed by atoms with E-state index in [0.717, 1.165) is 5.82 Å². The number of hydrogen-bond donors (Lipinski definition) is 1. The Bertz CT molecular complexity index is 316. The molecule has 15 heavy (non-hydrogen) atoms. The molecule has 2 rings (SSSR count). The maximum absolute atomic E-state index is 4.37. The Labute approximate surface area is 91.5 Å². The van der Waals surface area contributed by atoms with Crippen LogP contribution in [0.25, 0.3) is 0 Å². The Morgan fingerprint density at radius 2 is 2.13 bits per heavy atom. The van der Waals surface area contributed by atoms with Crippen LogP contribution in [-0.2, 0) is 0 Å². The van der Waals surface area contributed by atoms with Crippen LogP contribution < -0.4 is 5.32 Å². The van der Waals surface area contributed by atoms with E-state index in [0.29, 0.717) is 6.04 Å². The molecule has 3 nitrogen and oxygen atoms in total. The van der Waals surface area contributed by atoms with E-state index in [2.05, 4.69) is 35.2 Å². The van der Waals surface area contributed by atoms with E-state index in [1.54, 1.807) is 0 Å². The summed E-state index contributed by atoms with van der Waals surface area (Å²) in [4.78, 5) is 6.75. The lowest BCUT2D eigenvalue weighted by Crippen LogP contribution is -2.37. The summed E-state index contributed by atoms with van der Waals surface area (Å²) in [6, 6.07) is 4.68. The van der Waals surface area contributed by atoms with E-state index in [1.807, 2.05) is 12.3 Å². The molecule has 82 valence electrons. The first kappa shape index (κ1) is 10.4. The smallest absolute Gasteiger partial charge is 0.129 e. The van der Waals surface area contributed by atoms with Gasteiger partial charge in [0.1, 0.15) is 5.82 Å². The lowest BCUT2D eigenvalue weighted by Gasteiger charge is -2.30. The zero-order chi connectivity index (χ0) is 10.7. The van der Waals surface area contributed by atoms with Crippen molar-refractivity contribution in [2.45, 2.75) is 25.8 Å². The van der Waals surface area contributed by atoms with Crippen LogP contribution in [0.2, 0.25) is 0 Å². The van der Waals surface area contributed by atoms with Crippen LogP contribution in [0.3, 0.4) is 0 Å². The molecular formula is C12H19N3. The maximum Gasteiger partial charge on any atom is 0.129 e. The number of pyridine rings is 1. The highest BCUT2D eigenvalue weighted by atomic mass is 15.1. The monoisotopic (exact) mass is 205 g/mol. The minimum atomic E-state index is 0.592. The van der Waals surface area contributed by atoms with E-state index in [1.165, 1.54) is 31.5 Å². The summed E-state index contributed by atoms with van der Waals surface area (Å²) in [5, 5.41) is 3.53. The van der Waals surface area contributed by atoms with Gasteiger partial charge in [-0.25, -0.2) is 4.98 Å². The van der Waals surface area contributed by atoms with Crippen molar-refractivity contribution in [1.82, 2.24) is 9.88 Å². The molecule has 1 aliphatic heterocycles. The summed E-state index contributed by atoms with van der Waals surface area (Å²) in [7, 11) is 2.18. The van der Waals surface area contributed by atoms with Gasteiger partial charge in [0, 0.05) is 12.2 Å². The molecule has 0 amide bonds. The van der Waals surface area contributed by atoms with Crippen molar-refractivity contribution in [3.8, 4) is 0 Å². The molecule has 0 bridgehead atoms. The summed E-state index contributed by atoms with van der Waals surface area (Å²) in [6.07, 6.45) is 4.28. The summed E-state index contributed by atoms with van der Waals surface area (Å²) in [5.74, 6) is 1.05. The third-order valence-corrected chi connectivity index (χ3v) is 3.07. The van der Waals surface area contributed by atoms with Gasteiger partial charge >= 0.3 is 0 Å². The highest BCUT2D eigenvalue weighted by molar-refractivity contribution is 5.43. The number of aryl methyl sites for hydroxylation is 1. The second-order valence-corrected chi connectivity index (χ2v) is 4.39. The van der Waals surface area contributed by atoms with Crippen LogP contribution >= 0.6 is 0 Å². The Morgan fingerprint density at radius 3 is 2.80 bits per heavy atom. The first-order chi connectivity index (χ1) is 7.25. The SMILES string of the molecule is Cc1cccnc1NC1CCN(C)CC1. The topological polar surface area (TPSA) is 28.2 Å². The fourth-order valence-electron chi connectivity index (χ4n) is 1.98. The van der Waals surface area contributed by atoms with Gasteiger partial charge in [0.2, 0.25) is 0 Å². The van der Waals surface area contributed by atoms with Gasteiger partial charge in [-0.1, -0.05) is 6.07 Å². The zero-order valence-electron chi connectivity index (χ0n) is 9.53. The Morgan fingerprint density at radius 1 is 1.40 bits per heavy atom. The first-order valence-corrected chi connectivity index (χ1v) is 5.62. The van der Waals surface area contributed by atoms with E-state index >= 15 is 0 Å². The Balaban J connectivity index is 1.95. The van der Waals surface area contributed by atoms with Crippen molar-refractivity contribution >= 4 is 5.82 Å². The minimum Gasteiger partial charge on any atom is -0.367 e. The van der Waals surface area contributed by atoms with Crippen molar-refractivity contribution in [3.05, 3.63) is 23.9 Å². The molecule has 0 spiro atoms. The predicted molar refractivity (Wildman–Crippen MR) is 63.1 cm³/mol. The molecule has 0 unspecified atom stereocenters. The van der Waals surface area contributed by atoms with E-state index in [-0.39, 0.29) is 0 Å². The predicted octanol–water partition coefficient (Wildman–Crippen LogP) is 1.90. The van der Waals surface area contributed by atoms with Gasteiger partial charge in [-0.15, -0.1) is 0 Å². The number of rotatable bonds is 2. The lowest BCUT2D eigenvalue weighted by molar-refractivity contribution is 0.263. The highest BCUT2D eigenvalue weighted by Gasteiger charge is 2.16. The van der Waals surface area contributed by atoms with Crippen molar-refractivity contribution in [2.24, 2.45) is 0 Å². The second-order valence-electron chi connectivity index (χ2n) is 4.39. The van der Waals surface area contributed by atoms with Gasteiger partial charge in [0.15, 0.2) is 0 Å². The number of likely N-dealkylation sites (tertiary alicyclic amines) is 1. The fourth-order valence-corrected chi connectivity index (χ4v) is 1.98. The molecule has 2 heterocycles. The highest BCUT2D eigenvalue weighted by Crippen LogP contribution is 2.16. The quantitative estimate of drug-likeness (QED) is 0.799. The number of piperidine rings is 1. The van der Waals surface area contributed by atoms with Crippen molar-refractivity contribution in [2.75, 3.05) is 25.5 Å². The molecule has 1 N–H and O–H groups in total. The number of nitrogens with zero attached hydrogens (tertiary/aromatic N) is 2. The number of hydrogen-bond acceptors (Lipinski definition) is 3. The van der Waals surface area contributed by atoms with Gasteiger partial charge in [-0.05, 0) is 51.5 Å². The second kappa shape index (κ2) is 4.62. The Kier molecular flexibility index (Phi) is 3.21. The van der Waals surface area contributed by atoms with Crippen LogP contribution in [0.1, 0.15) is 18.4 Å². The fraction of sp³-hybridized carbons (Fsp3) is 0.583. The van der Waals surface area contributed by atoms with Gasteiger partial charge < -0.3 is 10.2 Å². The van der Waals surface area contributed by atoms with Crippen LogP contribution in [0, 0.1) is 6.92 Å². The van der Waals surface area contributed by atoms with Gasteiger partial charge in [0.05, 0.1) is 0 Å². The van der Waals surface area contributed by atoms with E-state index < -0.39 is 0 Å². The van der Waals surface area contributed by atoms with Gasteiger partial charge in [-0.3, -0.25) is 0 Å². The molecule has 0 radical (unpaired) electrons. The number of nitrogens with one attached hydrogen (secondary N) is 1. The average Bonchev–Trinajstić information content (AvgIpc) is 2.25. The molecule has 0 aromatic carbocycles. The third-order valence-electron chi connectivity index (χ3n) is 3.07. The standard InChI is InChI=1S/C12H19N3/c1-10-4-3-7-13-12(10)14-11-5-8-15(2)9-6-11/h3-4,7,11H,5-6,8-9H2,1-2H3,(H,13,14). The van der Waals surface area contributed by atoms with Crippen molar-refractivity contribution in [3.63, 3.8) is 0 Å². The third kappa shape index (κ3) is 2.69. The lowest BCUT2D eigenvalue weighted by atomic mass is 10.1. The maximum atomic E-state index is 4.37. The van der Waals surface area contributed by atoms with Crippen LogP contribution in [-0.4, -0.2) is 36.1 Å². The van der Waals surface area contributed by atoms with E-state index in [4.69, 9.17) is 0 Å². The van der Waals surface area contributed by atoms with Crippen molar-refractivity contribution < 1.29 is 0 Å². The first-order valence-electron chi connectivity index (χ1n) is 5.62. The van der Waals surface area contributed by atoms with E-state index in [9.17, 15) is 0 Å². The summed E-state index contributed by atoms with van der Waals surface area (Å²) in [6.45, 7) is 4.47. The molecule has 0 aliphatic carbocycles. The van der Waals surface area contributed by atoms with Crippen molar-refractivity contribution in [1.29, 1.82) is 0 Å². The molecular weight excluding hydrogens is 186 g/mol. The van der Waals surface area contributed by atoms with Crippen LogP contribution in [0.4, 0.5) is 5.82 Å². The molecule has 1 aromatic rings. The molecule has 1 aromatic heterocycles. The molecule has 1 saturated heterocycles. The summed E-state index contributed by atoms with van der Waals surface area (Å²) >= 11 is 0. The molecule has 0 saturated carbocycles. The van der Waals surface area contributed by atoms with Crippen LogP contribution in [0.15, 0.2) is 18.3 Å². The normalized spacial score (nSPS) is 19.1. The van der Waals surface area contributed by atoms with Gasteiger partial charge in [-0.2, -0.15) is 0 Å².